The number of carbonyl (C=O) groups excluding carboxylic acids is 2. The van der Waals surface area contributed by atoms with Gasteiger partial charge in [-0.25, -0.2) is 4.98 Å². The van der Waals surface area contributed by atoms with Crippen molar-refractivity contribution < 1.29 is 9.59 Å². The van der Waals surface area contributed by atoms with E-state index in [9.17, 15) is 9.59 Å². The molecule has 0 radical (unpaired) electrons. The minimum Gasteiger partial charge on any atom is -0.346 e. The average molecular weight is 426 g/mol. The summed E-state index contributed by atoms with van der Waals surface area (Å²) in [4.78, 5) is 30.0. The smallest absolute Gasteiger partial charge is 0.251 e. The third kappa shape index (κ3) is 4.83. The molecule has 1 saturated carbocycles. The van der Waals surface area contributed by atoms with E-state index in [0.29, 0.717) is 22.8 Å². The van der Waals surface area contributed by atoms with Crippen molar-refractivity contribution in [2.45, 2.75) is 26.3 Å². The Morgan fingerprint density at radius 3 is 2.45 bits per heavy atom. The summed E-state index contributed by atoms with van der Waals surface area (Å²) in [5.74, 6) is 0.0290. The fourth-order valence-electron chi connectivity index (χ4n) is 2.96. The molecular weight excluding hydrogens is 406 g/mol. The second kappa shape index (κ2) is 8.35. The summed E-state index contributed by atoms with van der Waals surface area (Å²) in [6, 6.07) is 14.5. The molecule has 2 amide bonds. The number of aryl methyl sites for hydroxylation is 1. The minimum atomic E-state index is -0.175. The van der Waals surface area contributed by atoms with E-state index in [1.165, 1.54) is 0 Å². The van der Waals surface area contributed by atoms with Gasteiger partial charge < -0.3 is 10.6 Å². The van der Waals surface area contributed by atoms with Crippen molar-refractivity contribution in [1.82, 2.24) is 10.3 Å². The predicted molar refractivity (Wildman–Crippen MR) is 116 cm³/mol. The fraction of sp³-hybridized carbons (Fsp3) is 0.227. The van der Waals surface area contributed by atoms with Crippen molar-refractivity contribution >= 4 is 40.4 Å². The molecule has 5 nitrogen and oxygen atoms in total. The Hall–Kier alpha value is -2.70. The SMILES string of the molecule is Cc1sc(CNC(=O)c2ccc(NC(=O)C3CC3)cc2)nc1-c1ccc(Cl)cc1. The number of halogens is 1. The van der Waals surface area contributed by atoms with Gasteiger partial charge in [0.1, 0.15) is 5.01 Å². The summed E-state index contributed by atoms with van der Waals surface area (Å²) in [5, 5.41) is 7.30. The second-order valence-corrected chi connectivity index (χ2v) is 8.77. The van der Waals surface area contributed by atoms with Gasteiger partial charge >= 0.3 is 0 Å². The van der Waals surface area contributed by atoms with Crippen LogP contribution in [0.3, 0.4) is 0 Å². The molecule has 7 heteroatoms. The van der Waals surface area contributed by atoms with Crippen molar-refractivity contribution in [2.75, 3.05) is 5.32 Å². The van der Waals surface area contributed by atoms with Gasteiger partial charge in [-0.2, -0.15) is 0 Å². The Kier molecular flexibility index (Phi) is 5.65. The topological polar surface area (TPSA) is 71.1 Å². The number of thiazole rings is 1. The van der Waals surface area contributed by atoms with Gasteiger partial charge in [-0.3, -0.25) is 9.59 Å². The number of amides is 2. The van der Waals surface area contributed by atoms with Gasteiger partial charge in [0.05, 0.1) is 12.2 Å². The molecule has 29 heavy (non-hydrogen) atoms. The van der Waals surface area contributed by atoms with Crippen LogP contribution in [-0.4, -0.2) is 16.8 Å². The number of aromatic nitrogens is 1. The van der Waals surface area contributed by atoms with Gasteiger partial charge in [-0.05, 0) is 56.2 Å². The number of benzene rings is 2. The quantitative estimate of drug-likeness (QED) is 0.580. The summed E-state index contributed by atoms with van der Waals surface area (Å²) in [7, 11) is 0. The zero-order chi connectivity index (χ0) is 20.4. The van der Waals surface area contributed by atoms with Gasteiger partial charge in [0, 0.05) is 32.6 Å². The summed E-state index contributed by atoms with van der Waals surface area (Å²) in [5.41, 5.74) is 3.17. The maximum absolute atomic E-state index is 12.4. The normalized spacial score (nSPS) is 13.2. The number of nitrogens with zero attached hydrogens (tertiary/aromatic N) is 1. The maximum Gasteiger partial charge on any atom is 0.251 e. The van der Waals surface area contributed by atoms with Gasteiger partial charge in [0.2, 0.25) is 5.91 Å². The highest BCUT2D eigenvalue weighted by molar-refractivity contribution is 7.12. The standard InChI is InChI=1S/C22H20ClN3O2S/c1-13-20(14-4-8-17(23)9-5-14)26-19(29-13)12-24-21(27)15-6-10-18(11-7-15)25-22(28)16-2-3-16/h4-11,16H,2-3,12H2,1H3,(H,24,27)(H,25,28). The lowest BCUT2D eigenvalue weighted by Crippen LogP contribution is -2.22. The molecule has 0 unspecified atom stereocenters. The second-order valence-electron chi connectivity index (χ2n) is 7.04. The monoisotopic (exact) mass is 425 g/mol. The molecule has 1 heterocycles. The van der Waals surface area contributed by atoms with E-state index in [1.54, 1.807) is 35.6 Å². The van der Waals surface area contributed by atoms with E-state index < -0.39 is 0 Å². The van der Waals surface area contributed by atoms with Crippen LogP contribution >= 0.6 is 22.9 Å². The highest BCUT2D eigenvalue weighted by atomic mass is 35.5. The van der Waals surface area contributed by atoms with E-state index in [0.717, 1.165) is 34.0 Å². The van der Waals surface area contributed by atoms with Gasteiger partial charge in [-0.15, -0.1) is 11.3 Å². The molecule has 2 aromatic carbocycles. The Bertz CT molecular complexity index is 1040. The van der Waals surface area contributed by atoms with Crippen molar-refractivity contribution in [3.05, 3.63) is 69.0 Å². The largest absolute Gasteiger partial charge is 0.346 e. The molecular formula is C22H20ClN3O2S. The summed E-state index contributed by atoms with van der Waals surface area (Å²) in [6.45, 7) is 2.37. The van der Waals surface area contributed by atoms with Crippen LogP contribution in [0.1, 0.15) is 33.1 Å². The lowest BCUT2D eigenvalue weighted by atomic mass is 10.1. The lowest BCUT2D eigenvalue weighted by Gasteiger charge is -2.06. The highest BCUT2D eigenvalue weighted by Crippen LogP contribution is 2.30. The van der Waals surface area contributed by atoms with E-state index in [-0.39, 0.29) is 17.7 Å². The predicted octanol–water partition coefficient (Wildman–Crippen LogP) is 5.05. The summed E-state index contributed by atoms with van der Waals surface area (Å²) in [6.07, 6.45) is 1.92. The molecule has 0 bridgehead atoms. The third-order valence-electron chi connectivity index (χ3n) is 4.72. The Balaban J connectivity index is 1.36. The first-order valence-electron chi connectivity index (χ1n) is 9.41. The number of hydrogen-bond donors (Lipinski definition) is 2. The van der Waals surface area contributed by atoms with Crippen molar-refractivity contribution in [1.29, 1.82) is 0 Å². The molecule has 0 saturated heterocycles. The fourth-order valence-corrected chi connectivity index (χ4v) is 3.98. The van der Waals surface area contributed by atoms with Crippen LogP contribution < -0.4 is 10.6 Å². The molecule has 1 aliphatic rings. The van der Waals surface area contributed by atoms with Crippen LogP contribution in [0.5, 0.6) is 0 Å². The zero-order valence-electron chi connectivity index (χ0n) is 15.9. The Morgan fingerprint density at radius 1 is 1.10 bits per heavy atom. The third-order valence-corrected chi connectivity index (χ3v) is 5.94. The van der Waals surface area contributed by atoms with Crippen LogP contribution in [0.25, 0.3) is 11.3 Å². The van der Waals surface area contributed by atoms with E-state index >= 15 is 0 Å². The molecule has 1 fully saturated rings. The summed E-state index contributed by atoms with van der Waals surface area (Å²) >= 11 is 7.51. The minimum absolute atomic E-state index is 0.0535. The van der Waals surface area contributed by atoms with Crippen LogP contribution in [-0.2, 0) is 11.3 Å². The van der Waals surface area contributed by atoms with Gasteiger partial charge in [0.15, 0.2) is 0 Å². The Labute approximate surface area is 178 Å². The van der Waals surface area contributed by atoms with E-state index in [1.807, 2.05) is 31.2 Å². The molecule has 4 rings (SSSR count). The van der Waals surface area contributed by atoms with Crippen molar-refractivity contribution in [3.63, 3.8) is 0 Å². The van der Waals surface area contributed by atoms with Crippen LogP contribution in [0.15, 0.2) is 48.5 Å². The number of rotatable bonds is 6. The van der Waals surface area contributed by atoms with Crippen molar-refractivity contribution in [3.8, 4) is 11.3 Å². The number of nitrogens with one attached hydrogen (secondary N) is 2. The van der Waals surface area contributed by atoms with Gasteiger partial charge in [-0.1, -0.05) is 23.7 Å². The first-order valence-corrected chi connectivity index (χ1v) is 10.6. The molecule has 1 aromatic heterocycles. The molecule has 0 spiro atoms. The first-order chi connectivity index (χ1) is 14.0. The van der Waals surface area contributed by atoms with Gasteiger partial charge in [0.25, 0.3) is 5.91 Å². The number of hydrogen-bond acceptors (Lipinski definition) is 4. The average Bonchev–Trinajstić information content (AvgIpc) is 3.51. The van der Waals surface area contributed by atoms with E-state index in [4.69, 9.17) is 11.6 Å². The number of carbonyl (C=O) groups is 2. The molecule has 148 valence electrons. The van der Waals surface area contributed by atoms with Crippen LogP contribution in [0, 0.1) is 12.8 Å². The summed E-state index contributed by atoms with van der Waals surface area (Å²) < 4.78 is 0. The molecule has 1 aliphatic carbocycles. The van der Waals surface area contributed by atoms with Crippen LogP contribution in [0.2, 0.25) is 5.02 Å². The zero-order valence-corrected chi connectivity index (χ0v) is 17.4. The maximum atomic E-state index is 12.4. The first kappa shape index (κ1) is 19.6. The van der Waals surface area contributed by atoms with Crippen LogP contribution in [0.4, 0.5) is 5.69 Å². The molecule has 3 aromatic rings. The van der Waals surface area contributed by atoms with Crippen molar-refractivity contribution in [2.24, 2.45) is 5.92 Å². The molecule has 2 N–H and O–H groups in total. The number of anilines is 1. The van der Waals surface area contributed by atoms with E-state index in [2.05, 4.69) is 15.6 Å². The lowest BCUT2D eigenvalue weighted by molar-refractivity contribution is -0.117. The molecule has 0 atom stereocenters. The highest BCUT2D eigenvalue weighted by Gasteiger charge is 2.29. The molecule has 0 aliphatic heterocycles. The Morgan fingerprint density at radius 2 is 1.79 bits per heavy atom.